The van der Waals surface area contributed by atoms with E-state index in [1.165, 1.54) is 0 Å². The average molecular weight is 418 g/mol. The number of carbonyl (C=O) groups excluding carboxylic acids is 1. The van der Waals surface area contributed by atoms with Gasteiger partial charge in [0.15, 0.2) is 0 Å². The monoisotopic (exact) mass is 418 g/mol. The zero-order valence-corrected chi connectivity index (χ0v) is 11.3. The van der Waals surface area contributed by atoms with Crippen LogP contribution in [0.3, 0.4) is 0 Å². The standard InChI is InChI=1S/C6H8O7.Bi.H3N/c7-3(8)1-6(13,5(11)12)2-4(9)10;;/h13H,1-2H2,(H,7,8)(H,9,10)(H,11,12);;1H3. The summed E-state index contributed by atoms with van der Waals surface area (Å²) < 4.78 is 0. The predicted molar refractivity (Wildman–Crippen MR) is 46.2 cm³/mol. The third kappa shape index (κ3) is 7.18. The van der Waals surface area contributed by atoms with E-state index in [1.54, 1.807) is 0 Å². The van der Waals surface area contributed by atoms with Crippen LogP contribution in [-0.2, 0) is 14.4 Å². The Balaban J connectivity index is -0.000000720. The van der Waals surface area contributed by atoms with Gasteiger partial charge in [-0.3, -0.25) is 9.59 Å². The third-order valence-corrected chi connectivity index (χ3v) is 1.27. The Morgan fingerprint density at radius 2 is 1.33 bits per heavy atom. The molecule has 0 bridgehead atoms. The Morgan fingerprint density at radius 1 is 1.07 bits per heavy atom. The maximum Gasteiger partial charge on any atom is 0.306 e. The second-order valence-corrected chi connectivity index (χ2v) is 2.46. The fourth-order valence-corrected chi connectivity index (χ4v) is 0.707. The summed E-state index contributed by atoms with van der Waals surface area (Å²) in [6.45, 7) is 0. The number of hydrogen-bond donors (Lipinski definition) is 4. The molecule has 0 aromatic carbocycles. The van der Waals surface area contributed by atoms with E-state index in [0.717, 1.165) is 0 Å². The van der Waals surface area contributed by atoms with Crippen LogP contribution < -0.4 is 11.3 Å². The number of aliphatic hydroxyl groups is 1. The Labute approximate surface area is 104 Å². The van der Waals surface area contributed by atoms with Crippen LogP contribution in [0.1, 0.15) is 12.8 Å². The Bertz CT molecular complexity index is 238. The van der Waals surface area contributed by atoms with E-state index in [2.05, 4.69) is 0 Å². The normalized spacial score (nSPS) is 9.40. The molecule has 3 radical (unpaired) electrons. The molecule has 0 atom stereocenters. The molecule has 0 saturated heterocycles. The van der Waals surface area contributed by atoms with Crippen LogP contribution in [-0.4, -0.2) is 65.0 Å². The summed E-state index contributed by atoms with van der Waals surface area (Å²) in [6.07, 6.45) is -2.41. The first kappa shape index (κ1) is 19.7. The molecule has 15 heavy (non-hydrogen) atoms. The topological polar surface area (TPSA) is 171 Å². The smallest absolute Gasteiger partial charge is 0.306 e. The quantitative estimate of drug-likeness (QED) is 0.355. The van der Waals surface area contributed by atoms with Crippen LogP contribution in [0.2, 0.25) is 0 Å². The van der Waals surface area contributed by atoms with Gasteiger partial charge in [-0.25, -0.2) is 0 Å². The molecular formula is C6H11BiNO7. The van der Waals surface area contributed by atoms with Crippen molar-refractivity contribution in [3.05, 3.63) is 0 Å². The van der Waals surface area contributed by atoms with Crippen LogP contribution in [0.5, 0.6) is 0 Å². The van der Waals surface area contributed by atoms with Gasteiger partial charge in [0, 0.05) is 26.2 Å². The van der Waals surface area contributed by atoms with Gasteiger partial charge in [0.05, 0.1) is 18.8 Å². The van der Waals surface area contributed by atoms with Gasteiger partial charge in [-0.1, -0.05) is 0 Å². The van der Waals surface area contributed by atoms with Crippen molar-refractivity contribution in [3.8, 4) is 0 Å². The second kappa shape index (κ2) is 7.50. The van der Waals surface area contributed by atoms with Crippen LogP contribution in [0.4, 0.5) is 0 Å². The van der Waals surface area contributed by atoms with Gasteiger partial charge < -0.3 is 31.4 Å². The largest absolute Gasteiger partial charge is 0.547 e. The summed E-state index contributed by atoms with van der Waals surface area (Å²) in [5.41, 5.74) is -2.85. The molecule has 8 nitrogen and oxygen atoms in total. The summed E-state index contributed by atoms with van der Waals surface area (Å²) in [4.78, 5) is 30.3. The zero-order valence-electron chi connectivity index (χ0n) is 7.84. The molecule has 0 spiro atoms. The molecule has 0 saturated carbocycles. The van der Waals surface area contributed by atoms with E-state index in [-0.39, 0.29) is 32.4 Å². The second-order valence-electron chi connectivity index (χ2n) is 2.46. The first-order chi connectivity index (χ1) is 5.78. The van der Waals surface area contributed by atoms with Crippen molar-refractivity contribution in [1.82, 2.24) is 6.15 Å². The number of carboxylic acid groups (broad SMARTS) is 3. The molecule has 7 N–H and O–H groups in total. The number of carbonyl (C=O) groups is 3. The van der Waals surface area contributed by atoms with Crippen molar-refractivity contribution in [2.45, 2.75) is 18.4 Å². The van der Waals surface area contributed by atoms with E-state index >= 15 is 0 Å². The van der Waals surface area contributed by atoms with E-state index < -0.39 is 36.4 Å². The van der Waals surface area contributed by atoms with E-state index in [0.29, 0.717) is 0 Å². The molecule has 0 amide bonds. The van der Waals surface area contributed by atoms with E-state index in [1.807, 2.05) is 0 Å². The molecular weight excluding hydrogens is 407 g/mol. The van der Waals surface area contributed by atoms with Gasteiger partial charge in [0.2, 0.25) is 0 Å². The Kier molecular flexibility index (Phi) is 9.86. The van der Waals surface area contributed by atoms with Crippen LogP contribution in [0.25, 0.3) is 0 Å². The van der Waals surface area contributed by atoms with Crippen molar-refractivity contribution < 1.29 is 34.8 Å². The maximum atomic E-state index is 10.2. The van der Waals surface area contributed by atoms with Gasteiger partial charge in [0.1, 0.15) is 5.60 Å². The number of carboxylic acids is 3. The summed E-state index contributed by atoms with van der Waals surface area (Å²) >= 11 is 0. The van der Waals surface area contributed by atoms with Crippen molar-refractivity contribution in [2.75, 3.05) is 0 Å². The molecule has 9 heteroatoms. The fourth-order valence-electron chi connectivity index (χ4n) is 0.707. The van der Waals surface area contributed by atoms with Gasteiger partial charge in [-0.05, 0) is 0 Å². The average Bonchev–Trinajstić information content (AvgIpc) is 1.82. The first-order valence-corrected chi connectivity index (χ1v) is 3.15. The minimum atomic E-state index is -2.85. The number of aliphatic carboxylic acids is 3. The Hall–Kier alpha value is -0.787. The van der Waals surface area contributed by atoms with Crippen LogP contribution in [0, 0.1) is 0 Å². The SMILES string of the molecule is O=C(O)CC(O)(CC(=O)O)C(=O)[O-].[Bi].[NH4+]. The van der Waals surface area contributed by atoms with Crippen LogP contribution >= 0.6 is 0 Å². The zero-order chi connectivity index (χ0) is 10.6. The molecule has 0 aliphatic heterocycles. The molecule has 0 fully saturated rings. The fraction of sp³-hybridized carbons (Fsp3) is 0.500. The molecule has 0 unspecified atom stereocenters. The molecule has 0 heterocycles. The predicted octanol–water partition coefficient (Wildman–Crippen LogP) is -2.59. The van der Waals surface area contributed by atoms with Crippen molar-refractivity contribution in [3.63, 3.8) is 0 Å². The van der Waals surface area contributed by atoms with E-state index in [9.17, 15) is 19.5 Å². The molecule has 0 rings (SSSR count). The number of quaternary nitrogens is 1. The molecule has 0 aliphatic rings. The number of rotatable bonds is 5. The maximum absolute atomic E-state index is 10.2. The summed E-state index contributed by atoms with van der Waals surface area (Å²) in [6, 6.07) is 0. The number of hydrogen-bond acceptors (Lipinski definition) is 5. The van der Waals surface area contributed by atoms with Gasteiger partial charge >= 0.3 is 11.9 Å². The van der Waals surface area contributed by atoms with Gasteiger partial charge in [0.25, 0.3) is 0 Å². The Morgan fingerprint density at radius 3 is 1.47 bits per heavy atom. The molecule has 0 aromatic rings. The first-order valence-electron chi connectivity index (χ1n) is 3.15. The molecule has 87 valence electrons. The third-order valence-electron chi connectivity index (χ3n) is 1.27. The van der Waals surface area contributed by atoms with Gasteiger partial charge in [-0.15, -0.1) is 0 Å². The summed E-state index contributed by atoms with van der Waals surface area (Å²) in [5, 5.41) is 35.5. The minimum Gasteiger partial charge on any atom is -0.547 e. The van der Waals surface area contributed by atoms with Crippen molar-refractivity contribution in [1.29, 1.82) is 0 Å². The van der Waals surface area contributed by atoms with Crippen molar-refractivity contribution in [2.24, 2.45) is 0 Å². The minimum absolute atomic E-state index is 0. The molecule has 0 aromatic heterocycles. The van der Waals surface area contributed by atoms with E-state index in [4.69, 9.17) is 15.3 Å². The summed E-state index contributed by atoms with van der Waals surface area (Å²) in [5.74, 6) is -5.35. The molecule has 0 aliphatic carbocycles. The summed E-state index contributed by atoms with van der Waals surface area (Å²) in [7, 11) is 0. The van der Waals surface area contributed by atoms with Crippen molar-refractivity contribution >= 4 is 44.1 Å². The van der Waals surface area contributed by atoms with Crippen LogP contribution in [0.15, 0.2) is 0 Å². The van der Waals surface area contributed by atoms with Gasteiger partial charge in [-0.2, -0.15) is 0 Å².